The molecule has 0 spiro atoms. The second-order valence-corrected chi connectivity index (χ2v) is 4.37. The molecule has 0 saturated carbocycles. The van der Waals surface area contributed by atoms with Crippen LogP contribution in [0.2, 0.25) is 0 Å². The molecule has 0 radical (unpaired) electrons. The van der Waals surface area contributed by atoms with Gasteiger partial charge in [-0.25, -0.2) is 0 Å². The quantitative estimate of drug-likeness (QED) is 0.260. The molecule has 3 N–H and O–H groups in total. The molecular formula is C11H23NO5P+. The topological polar surface area (TPSA) is 87.0 Å². The third kappa shape index (κ3) is 15.6. The summed E-state index contributed by atoms with van der Waals surface area (Å²) in [5, 5.41) is 25.4. The summed E-state index contributed by atoms with van der Waals surface area (Å²) >= 11 is 0. The predicted octanol–water partition coefficient (Wildman–Crippen LogP) is -0.194. The van der Waals surface area contributed by atoms with Crippen molar-refractivity contribution in [3.63, 3.8) is 0 Å². The van der Waals surface area contributed by atoms with Crippen LogP contribution >= 0.6 is 7.92 Å². The van der Waals surface area contributed by atoms with Gasteiger partial charge in [-0.3, -0.25) is 0 Å². The van der Waals surface area contributed by atoms with Crippen LogP contribution < -0.4 is 0 Å². The van der Waals surface area contributed by atoms with Gasteiger partial charge >= 0.3 is 55.1 Å². The molecule has 18 heavy (non-hydrogen) atoms. The van der Waals surface area contributed by atoms with Gasteiger partial charge in [-0.15, -0.1) is 6.58 Å². The number of likely N-dealkylation sites (N-methyl/N-ethyl adjacent to an activating group) is 1. The molecule has 0 aromatic rings. The number of nitrogens with zero attached hydrogens (tertiary/aromatic N) is 1. The van der Waals surface area contributed by atoms with E-state index >= 15 is 0 Å². The van der Waals surface area contributed by atoms with Crippen LogP contribution in [0.4, 0.5) is 0 Å². The Morgan fingerprint density at radius 2 is 2.11 bits per heavy atom. The third-order valence-corrected chi connectivity index (χ3v) is 2.35. The monoisotopic (exact) mass is 280 g/mol. The minimum atomic E-state index is -0.759. The van der Waals surface area contributed by atoms with Gasteiger partial charge in [-0.1, -0.05) is 6.08 Å². The van der Waals surface area contributed by atoms with Gasteiger partial charge in [0.2, 0.25) is 0 Å². The number of rotatable bonds is 7. The van der Waals surface area contributed by atoms with Crippen molar-refractivity contribution in [3.8, 4) is 5.75 Å². The molecule has 0 aliphatic rings. The Kier molecular flexibility index (Phi) is 14.3. The molecule has 0 aliphatic carbocycles. The van der Waals surface area contributed by atoms with Gasteiger partial charge in [0.1, 0.15) is 6.10 Å². The van der Waals surface area contributed by atoms with E-state index in [1.807, 2.05) is 14.1 Å². The van der Waals surface area contributed by atoms with Crippen LogP contribution in [0.5, 0.6) is 0 Å². The number of hydrogen-bond acceptors (Lipinski definition) is 5. The van der Waals surface area contributed by atoms with Crippen LogP contribution in [-0.4, -0.2) is 73.0 Å². The molecule has 0 rings (SSSR count). The summed E-state index contributed by atoms with van der Waals surface area (Å²) in [6.07, 6.45) is 0.828. The molecule has 6 nitrogen and oxygen atoms in total. The normalized spacial score (nSPS) is 11.8. The van der Waals surface area contributed by atoms with Gasteiger partial charge in [-0.05, 0) is 0 Å². The fraction of sp³-hybridized carbons (Fsp3) is 0.727. The summed E-state index contributed by atoms with van der Waals surface area (Å²) in [5.74, 6) is 2.62. The van der Waals surface area contributed by atoms with E-state index in [-0.39, 0.29) is 27.7 Å². The van der Waals surface area contributed by atoms with Crippen LogP contribution in [0.3, 0.4) is 0 Å². The summed E-state index contributed by atoms with van der Waals surface area (Å²) < 4.78 is 15.2. The van der Waals surface area contributed by atoms with Gasteiger partial charge < -0.3 is 14.9 Å². The van der Waals surface area contributed by atoms with E-state index in [4.69, 9.17) is 20.1 Å². The van der Waals surface area contributed by atoms with Gasteiger partial charge in [0.05, 0.1) is 19.8 Å². The van der Waals surface area contributed by atoms with Gasteiger partial charge in [0.25, 0.3) is 0 Å². The Balaban J connectivity index is 0. The zero-order valence-electron chi connectivity index (χ0n) is 10.9. The number of ether oxygens (including phenoxy) is 1. The number of quaternary nitrogens is 1. The molecule has 0 amide bonds. The number of aliphatic hydroxyl groups is 3. The maximum absolute atomic E-state index is 9.98. The molecule has 0 bridgehead atoms. The van der Waals surface area contributed by atoms with Crippen LogP contribution in [0.15, 0.2) is 12.7 Å². The van der Waals surface area contributed by atoms with E-state index in [0.29, 0.717) is 17.6 Å². The summed E-state index contributed by atoms with van der Waals surface area (Å²) in [7, 11) is 3.54. The van der Waals surface area contributed by atoms with Gasteiger partial charge in [0.15, 0.2) is 0 Å². The second-order valence-electron chi connectivity index (χ2n) is 3.99. The molecule has 1 unspecified atom stereocenters. The molecule has 0 aromatic carbocycles. The Morgan fingerprint density at radius 1 is 1.50 bits per heavy atom. The van der Waals surface area contributed by atoms with E-state index < -0.39 is 6.10 Å². The van der Waals surface area contributed by atoms with E-state index in [9.17, 15) is 4.57 Å². The maximum atomic E-state index is 9.98. The van der Waals surface area contributed by atoms with Crippen LogP contribution in [0.1, 0.15) is 0 Å². The Labute approximate surface area is 109 Å². The molecule has 0 aliphatic heterocycles. The Morgan fingerprint density at radius 3 is 2.50 bits per heavy atom. The van der Waals surface area contributed by atoms with E-state index in [2.05, 4.69) is 12.3 Å². The molecule has 0 fully saturated rings. The predicted molar refractivity (Wildman–Crippen MR) is 69.7 cm³/mol. The van der Waals surface area contributed by atoms with Crippen molar-refractivity contribution in [2.24, 2.45) is 0 Å². The molecule has 1 atom stereocenters. The Bertz CT molecular complexity index is 302. The zero-order valence-corrected chi connectivity index (χ0v) is 11.8. The average Bonchev–Trinajstić information content (AvgIpc) is 2.29. The molecule has 0 aromatic heterocycles. The minimum absolute atomic E-state index is 0.0928. The second kappa shape index (κ2) is 13.0. The van der Waals surface area contributed by atoms with E-state index in [0.717, 1.165) is 0 Å². The molecular weight excluding hydrogens is 257 g/mol. The van der Waals surface area contributed by atoms with Gasteiger partial charge in [0, 0.05) is 0 Å². The molecule has 7 heteroatoms. The zero-order chi connectivity index (χ0) is 14.4. The van der Waals surface area contributed by atoms with Crippen molar-refractivity contribution in [1.82, 2.24) is 0 Å². The van der Waals surface area contributed by atoms with Crippen molar-refractivity contribution in [2.45, 2.75) is 6.10 Å². The SMILES string of the molecule is C=CCOCC(O)CO.C[N+](C)(C#P=O)CCO. The van der Waals surface area contributed by atoms with Crippen molar-refractivity contribution in [3.05, 3.63) is 12.7 Å². The van der Waals surface area contributed by atoms with Crippen molar-refractivity contribution >= 4 is 7.92 Å². The summed E-state index contributed by atoms with van der Waals surface area (Å²) in [6, 6.07) is 0. The van der Waals surface area contributed by atoms with Crippen molar-refractivity contribution < 1.29 is 29.1 Å². The summed E-state index contributed by atoms with van der Waals surface area (Å²) in [4.78, 5) is 0. The summed E-state index contributed by atoms with van der Waals surface area (Å²) in [6.45, 7) is 4.39. The fourth-order valence-electron chi connectivity index (χ4n) is 0.751. The standard InChI is InChI=1S/C6H12O3.C5H11NO2P/c1-2-3-9-5-6(8)4-7;1-6(2,3-4-7)5-9-8/h2,6-8H,1,3-5H2;7H,3-4H2,1-2H3/q;+1. The van der Waals surface area contributed by atoms with E-state index in [1.165, 1.54) is 0 Å². The van der Waals surface area contributed by atoms with E-state index in [1.54, 1.807) is 6.08 Å². The van der Waals surface area contributed by atoms with Gasteiger partial charge in [-0.2, -0.15) is 0 Å². The van der Waals surface area contributed by atoms with Crippen LogP contribution in [0.25, 0.3) is 0 Å². The molecule has 0 heterocycles. The van der Waals surface area contributed by atoms with Crippen molar-refractivity contribution in [2.75, 3.05) is 47.1 Å². The third-order valence-electron chi connectivity index (χ3n) is 1.73. The molecule has 106 valence electrons. The first-order valence-corrected chi connectivity index (χ1v) is 6.25. The first kappa shape index (κ1) is 19.9. The van der Waals surface area contributed by atoms with Crippen LogP contribution in [-0.2, 0) is 9.30 Å². The number of aliphatic hydroxyl groups excluding tert-OH is 3. The Hall–Kier alpha value is -0.450. The number of hydrogen-bond donors (Lipinski definition) is 3. The average molecular weight is 280 g/mol. The molecule has 0 saturated heterocycles. The fourth-order valence-corrected chi connectivity index (χ4v) is 1.07. The first-order valence-electron chi connectivity index (χ1n) is 5.44. The first-order chi connectivity index (χ1) is 8.43. The van der Waals surface area contributed by atoms with Crippen LogP contribution in [0, 0.1) is 5.75 Å². The summed E-state index contributed by atoms with van der Waals surface area (Å²) in [5.41, 5.74) is 0. The van der Waals surface area contributed by atoms with Crippen molar-refractivity contribution in [1.29, 1.82) is 0 Å².